The van der Waals surface area contributed by atoms with Gasteiger partial charge >= 0.3 is 0 Å². The largest absolute Gasteiger partial charge is 0.503 e. The third-order valence-corrected chi connectivity index (χ3v) is 4.10. The summed E-state index contributed by atoms with van der Waals surface area (Å²) >= 11 is 0. The van der Waals surface area contributed by atoms with Gasteiger partial charge in [-0.25, -0.2) is 8.78 Å². The Kier molecular flexibility index (Phi) is 4.75. The van der Waals surface area contributed by atoms with Crippen molar-refractivity contribution < 1.29 is 13.9 Å². The smallest absolute Gasteiger partial charge is 0.187 e. The number of rotatable bonds is 4. The summed E-state index contributed by atoms with van der Waals surface area (Å²) in [5.41, 5.74) is 0.533. The van der Waals surface area contributed by atoms with Crippen LogP contribution in [0.5, 0.6) is 5.75 Å². The van der Waals surface area contributed by atoms with Crippen LogP contribution in [-0.2, 0) is 6.54 Å². The third kappa shape index (κ3) is 3.66. The molecule has 0 heterocycles. The van der Waals surface area contributed by atoms with Gasteiger partial charge in [-0.3, -0.25) is 0 Å². The number of benzene rings is 1. The molecule has 2 nitrogen and oxygen atoms in total. The van der Waals surface area contributed by atoms with Gasteiger partial charge in [-0.1, -0.05) is 13.3 Å². The van der Waals surface area contributed by atoms with Crippen LogP contribution in [0.15, 0.2) is 12.1 Å². The van der Waals surface area contributed by atoms with Crippen LogP contribution in [0.1, 0.15) is 44.6 Å². The average molecular weight is 269 g/mol. The fraction of sp³-hybridized carbons (Fsp3) is 0.600. The number of aromatic hydroxyl groups is 1. The molecule has 1 saturated carbocycles. The summed E-state index contributed by atoms with van der Waals surface area (Å²) in [4.78, 5) is 0. The summed E-state index contributed by atoms with van der Waals surface area (Å²) in [5.74, 6) is -1.85. The molecule has 0 saturated heterocycles. The van der Waals surface area contributed by atoms with Crippen molar-refractivity contribution in [2.45, 2.75) is 51.6 Å². The fourth-order valence-electron chi connectivity index (χ4n) is 2.76. The van der Waals surface area contributed by atoms with Crippen LogP contribution in [0.4, 0.5) is 8.78 Å². The van der Waals surface area contributed by atoms with Crippen LogP contribution in [0.3, 0.4) is 0 Å². The van der Waals surface area contributed by atoms with Gasteiger partial charge in [0, 0.05) is 12.6 Å². The second-order valence-corrected chi connectivity index (χ2v) is 5.41. The zero-order valence-electron chi connectivity index (χ0n) is 11.3. The first kappa shape index (κ1) is 14.3. The minimum Gasteiger partial charge on any atom is -0.503 e. The maximum Gasteiger partial charge on any atom is 0.187 e. The summed E-state index contributed by atoms with van der Waals surface area (Å²) in [7, 11) is 0. The number of hydrogen-bond acceptors (Lipinski definition) is 2. The molecule has 0 radical (unpaired) electrons. The van der Waals surface area contributed by atoms with Crippen LogP contribution in [0.2, 0.25) is 0 Å². The quantitative estimate of drug-likeness (QED) is 0.873. The number of nitrogens with one attached hydrogen (secondary N) is 1. The van der Waals surface area contributed by atoms with E-state index in [1.54, 1.807) is 0 Å². The Labute approximate surface area is 112 Å². The first-order valence-corrected chi connectivity index (χ1v) is 7.00. The van der Waals surface area contributed by atoms with Gasteiger partial charge in [0.05, 0.1) is 0 Å². The Morgan fingerprint density at radius 2 is 1.74 bits per heavy atom. The highest BCUT2D eigenvalue weighted by Gasteiger charge is 2.19. The minimum atomic E-state index is -0.897. The van der Waals surface area contributed by atoms with Gasteiger partial charge in [0.2, 0.25) is 0 Å². The lowest BCUT2D eigenvalue weighted by Gasteiger charge is -2.28. The van der Waals surface area contributed by atoms with Crippen molar-refractivity contribution in [3.8, 4) is 5.75 Å². The fourth-order valence-corrected chi connectivity index (χ4v) is 2.76. The van der Waals surface area contributed by atoms with E-state index in [0.29, 0.717) is 18.2 Å². The number of phenols is 1. The number of phenolic OH excluding ortho intramolecular Hbond substituents is 1. The van der Waals surface area contributed by atoms with Gasteiger partial charge in [-0.2, -0.15) is 0 Å². The monoisotopic (exact) mass is 269 g/mol. The molecule has 0 atom stereocenters. The molecule has 1 aliphatic rings. The molecule has 0 unspecified atom stereocenters. The van der Waals surface area contributed by atoms with Crippen LogP contribution < -0.4 is 5.32 Å². The first-order chi connectivity index (χ1) is 9.10. The zero-order valence-corrected chi connectivity index (χ0v) is 11.3. The topological polar surface area (TPSA) is 32.3 Å². The van der Waals surface area contributed by atoms with Crippen LogP contribution in [-0.4, -0.2) is 11.1 Å². The SMILES string of the molecule is CCC1CCC(NCc2cc(F)c(O)c(F)c2)CC1. The lowest BCUT2D eigenvalue weighted by Crippen LogP contribution is -2.32. The highest BCUT2D eigenvalue weighted by Crippen LogP contribution is 2.27. The van der Waals surface area contributed by atoms with Crippen molar-refractivity contribution >= 4 is 0 Å². The molecule has 106 valence electrons. The molecule has 1 aromatic rings. The van der Waals surface area contributed by atoms with Crippen molar-refractivity contribution in [2.24, 2.45) is 5.92 Å². The molecule has 0 aromatic heterocycles. The van der Waals surface area contributed by atoms with Gasteiger partial charge < -0.3 is 10.4 Å². The maximum atomic E-state index is 13.2. The molecule has 1 aromatic carbocycles. The van der Waals surface area contributed by atoms with Gasteiger partial charge in [-0.05, 0) is 49.3 Å². The van der Waals surface area contributed by atoms with Crippen molar-refractivity contribution in [3.63, 3.8) is 0 Å². The Bertz CT molecular complexity index is 405. The maximum absolute atomic E-state index is 13.2. The molecule has 0 aliphatic heterocycles. The van der Waals surface area contributed by atoms with Crippen LogP contribution in [0, 0.1) is 17.6 Å². The zero-order chi connectivity index (χ0) is 13.8. The highest BCUT2D eigenvalue weighted by atomic mass is 19.1. The van der Waals surface area contributed by atoms with Crippen LogP contribution in [0.25, 0.3) is 0 Å². The highest BCUT2D eigenvalue weighted by molar-refractivity contribution is 5.29. The van der Waals surface area contributed by atoms with E-state index in [-0.39, 0.29) is 0 Å². The molecule has 1 aliphatic carbocycles. The van der Waals surface area contributed by atoms with E-state index in [1.165, 1.54) is 31.4 Å². The van der Waals surface area contributed by atoms with Crippen molar-refractivity contribution in [2.75, 3.05) is 0 Å². The van der Waals surface area contributed by atoms with E-state index in [9.17, 15) is 8.78 Å². The van der Waals surface area contributed by atoms with E-state index in [0.717, 1.165) is 18.8 Å². The minimum absolute atomic E-state index is 0.433. The Morgan fingerprint density at radius 3 is 2.26 bits per heavy atom. The summed E-state index contributed by atoms with van der Waals surface area (Å²) in [6.45, 7) is 2.66. The van der Waals surface area contributed by atoms with Crippen LogP contribution >= 0.6 is 0 Å². The van der Waals surface area contributed by atoms with E-state index in [1.807, 2.05) is 0 Å². The molecule has 0 bridgehead atoms. The molecule has 19 heavy (non-hydrogen) atoms. The normalized spacial score (nSPS) is 23.5. The Hall–Kier alpha value is -1.16. The van der Waals surface area contributed by atoms with Gasteiger partial charge in [0.1, 0.15) is 0 Å². The number of halogens is 2. The van der Waals surface area contributed by atoms with Crippen molar-refractivity contribution in [1.82, 2.24) is 5.32 Å². The molecule has 2 rings (SSSR count). The third-order valence-electron chi connectivity index (χ3n) is 4.10. The molecule has 2 N–H and O–H groups in total. The molecule has 4 heteroatoms. The predicted molar refractivity (Wildman–Crippen MR) is 70.9 cm³/mol. The lowest BCUT2D eigenvalue weighted by molar-refractivity contribution is 0.285. The van der Waals surface area contributed by atoms with Gasteiger partial charge in [0.15, 0.2) is 17.4 Å². The van der Waals surface area contributed by atoms with E-state index in [2.05, 4.69) is 12.2 Å². The average Bonchev–Trinajstić information content (AvgIpc) is 2.43. The molecular formula is C15H21F2NO. The Balaban J connectivity index is 1.86. The summed E-state index contributed by atoms with van der Waals surface area (Å²) in [6, 6.07) is 2.80. The molecule has 0 amide bonds. The van der Waals surface area contributed by atoms with Crippen molar-refractivity contribution in [3.05, 3.63) is 29.3 Å². The molecular weight excluding hydrogens is 248 g/mol. The van der Waals surface area contributed by atoms with E-state index in [4.69, 9.17) is 5.11 Å². The molecule has 0 spiro atoms. The summed E-state index contributed by atoms with van der Waals surface area (Å²) < 4.78 is 26.4. The number of hydrogen-bond donors (Lipinski definition) is 2. The van der Waals surface area contributed by atoms with E-state index < -0.39 is 17.4 Å². The summed E-state index contributed by atoms with van der Waals surface area (Å²) in [5, 5.41) is 12.4. The van der Waals surface area contributed by atoms with Gasteiger partial charge in [0.25, 0.3) is 0 Å². The second-order valence-electron chi connectivity index (χ2n) is 5.41. The Morgan fingerprint density at radius 1 is 1.16 bits per heavy atom. The van der Waals surface area contributed by atoms with Crippen molar-refractivity contribution in [1.29, 1.82) is 0 Å². The summed E-state index contributed by atoms with van der Waals surface area (Å²) in [6.07, 6.45) is 5.95. The predicted octanol–water partition coefficient (Wildman–Crippen LogP) is 3.73. The lowest BCUT2D eigenvalue weighted by atomic mass is 9.84. The first-order valence-electron chi connectivity index (χ1n) is 7.00. The molecule has 1 fully saturated rings. The van der Waals surface area contributed by atoms with E-state index >= 15 is 0 Å². The van der Waals surface area contributed by atoms with Gasteiger partial charge in [-0.15, -0.1) is 0 Å². The second kappa shape index (κ2) is 6.33. The standard InChI is InChI=1S/C15H21F2NO/c1-2-10-3-5-12(6-4-10)18-9-11-7-13(16)15(19)14(17)8-11/h7-8,10,12,18-19H,2-6,9H2,1H3.